The molecule has 5 nitrogen and oxygen atoms in total. The van der Waals surface area contributed by atoms with Crippen molar-refractivity contribution >= 4 is 16.8 Å². The lowest BCUT2D eigenvalue weighted by molar-refractivity contribution is -0.122. The van der Waals surface area contributed by atoms with Crippen LogP contribution < -0.4 is 5.32 Å². The third kappa shape index (κ3) is 2.39. The molecule has 2 aromatic rings. The first-order valence-corrected chi connectivity index (χ1v) is 6.64. The minimum absolute atomic E-state index is 0.144. The molecule has 1 unspecified atom stereocenters. The third-order valence-corrected chi connectivity index (χ3v) is 3.66. The van der Waals surface area contributed by atoms with Crippen LogP contribution in [0.5, 0.6) is 0 Å². The Balaban J connectivity index is 1.95. The number of hydrogen-bond acceptors (Lipinski definition) is 4. The first-order valence-electron chi connectivity index (χ1n) is 6.64. The minimum atomic E-state index is -0.144. The molecular weight excluding hydrogens is 240 g/mol. The Bertz CT molecular complexity index is 586. The molecule has 1 aliphatic heterocycles. The minimum Gasteiger partial charge on any atom is -0.345 e. The summed E-state index contributed by atoms with van der Waals surface area (Å²) in [5.74, 6) is 0.195. The molecule has 3 rings (SSSR count). The van der Waals surface area contributed by atoms with Crippen molar-refractivity contribution in [3.05, 3.63) is 30.1 Å². The average molecular weight is 258 g/mol. The molecule has 0 amide bonds. The number of fused-ring (bicyclic) bond motifs is 1. The average Bonchev–Trinajstić information content (AvgIpc) is 2.87. The van der Waals surface area contributed by atoms with Crippen molar-refractivity contribution in [1.82, 2.24) is 20.2 Å². The standard InChI is InChI=1S/C14H18N4O/c1-10(19)14(18-6-4-15-5-7-18)11-2-3-12-13(8-11)17-9-16-12/h2-3,8-9,14-15H,4-7H2,1H3,(H,16,17). The lowest BCUT2D eigenvalue weighted by atomic mass is 10.0. The van der Waals surface area contributed by atoms with E-state index in [-0.39, 0.29) is 11.8 Å². The van der Waals surface area contributed by atoms with Crippen LogP contribution in [0, 0.1) is 0 Å². The van der Waals surface area contributed by atoms with Crippen molar-refractivity contribution in [2.24, 2.45) is 0 Å². The van der Waals surface area contributed by atoms with Gasteiger partial charge in [0.1, 0.15) is 0 Å². The monoisotopic (exact) mass is 258 g/mol. The summed E-state index contributed by atoms with van der Waals surface area (Å²) in [7, 11) is 0. The van der Waals surface area contributed by atoms with Gasteiger partial charge < -0.3 is 10.3 Å². The molecule has 100 valence electrons. The molecule has 1 saturated heterocycles. The number of H-pyrrole nitrogens is 1. The van der Waals surface area contributed by atoms with E-state index in [1.807, 2.05) is 18.2 Å². The van der Waals surface area contributed by atoms with E-state index in [9.17, 15) is 4.79 Å². The number of hydrogen-bond donors (Lipinski definition) is 2. The van der Waals surface area contributed by atoms with Gasteiger partial charge in [0, 0.05) is 26.2 Å². The van der Waals surface area contributed by atoms with Gasteiger partial charge in [-0.3, -0.25) is 9.69 Å². The highest BCUT2D eigenvalue weighted by Gasteiger charge is 2.26. The number of piperazine rings is 1. The predicted molar refractivity (Wildman–Crippen MR) is 74.0 cm³/mol. The summed E-state index contributed by atoms with van der Waals surface area (Å²) in [4.78, 5) is 21.6. The van der Waals surface area contributed by atoms with E-state index in [1.165, 1.54) is 0 Å². The summed E-state index contributed by atoms with van der Waals surface area (Å²) in [6.45, 7) is 5.37. The maximum atomic E-state index is 12.0. The van der Waals surface area contributed by atoms with Crippen LogP contribution in [-0.2, 0) is 4.79 Å². The van der Waals surface area contributed by atoms with Gasteiger partial charge >= 0.3 is 0 Å². The molecule has 2 heterocycles. The number of rotatable bonds is 3. The number of nitrogens with one attached hydrogen (secondary N) is 2. The highest BCUT2D eigenvalue weighted by molar-refractivity contribution is 5.85. The normalized spacial score (nSPS) is 18.6. The first kappa shape index (κ1) is 12.3. The first-order chi connectivity index (χ1) is 9.25. The van der Waals surface area contributed by atoms with E-state index in [2.05, 4.69) is 20.2 Å². The van der Waals surface area contributed by atoms with Crippen molar-refractivity contribution in [3.63, 3.8) is 0 Å². The van der Waals surface area contributed by atoms with Crippen LogP contribution >= 0.6 is 0 Å². The van der Waals surface area contributed by atoms with Gasteiger partial charge in [0.05, 0.1) is 23.4 Å². The van der Waals surface area contributed by atoms with Gasteiger partial charge in [-0.1, -0.05) is 6.07 Å². The molecule has 0 radical (unpaired) electrons. The Labute approximate surface area is 112 Å². The lowest BCUT2D eigenvalue weighted by Gasteiger charge is -2.33. The quantitative estimate of drug-likeness (QED) is 0.865. The second kappa shape index (κ2) is 5.11. The van der Waals surface area contributed by atoms with E-state index in [1.54, 1.807) is 13.3 Å². The fourth-order valence-electron chi connectivity index (χ4n) is 2.77. The number of aromatic nitrogens is 2. The van der Waals surface area contributed by atoms with Crippen molar-refractivity contribution in [2.45, 2.75) is 13.0 Å². The number of Topliss-reactive ketones (excluding diaryl/α,β-unsaturated/α-hetero) is 1. The number of aromatic amines is 1. The Morgan fingerprint density at radius 3 is 2.89 bits per heavy atom. The maximum absolute atomic E-state index is 12.0. The summed E-state index contributed by atoms with van der Waals surface area (Å²) >= 11 is 0. The second-order valence-electron chi connectivity index (χ2n) is 4.98. The zero-order valence-electron chi connectivity index (χ0n) is 11.0. The van der Waals surface area contributed by atoms with Crippen LogP contribution in [0.25, 0.3) is 11.0 Å². The maximum Gasteiger partial charge on any atom is 0.151 e. The molecule has 1 aromatic heterocycles. The van der Waals surface area contributed by atoms with Crippen molar-refractivity contribution in [1.29, 1.82) is 0 Å². The van der Waals surface area contributed by atoms with Crippen molar-refractivity contribution < 1.29 is 4.79 Å². The van der Waals surface area contributed by atoms with Gasteiger partial charge in [-0.15, -0.1) is 0 Å². The van der Waals surface area contributed by atoms with Crippen molar-refractivity contribution in [2.75, 3.05) is 26.2 Å². The van der Waals surface area contributed by atoms with Crippen LogP contribution in [0.15, 0.2) is 24.5 Å². The molecule has 1 atom stereocenters. The topological polar surface area (TPSA) is 61.0 Å². The molecule has 0 saturated carbocycles. The Morgan fingerprint density at radius 2 is 2.16 bits per heavy atom. The van der Waals surface area contributed by atoms with Crippen molar-refractivity contribution in [3.8, 4) is 0 Å². The zero-order valence-corrected chi connectivity index (χ0v) is 11.0. The lowest BCUT2D eigenvalue weighted by Crippen LogP contribution is -2.46. The predicted octanol–water partition coefficient (Wildman–Crippen LogP) is 1.10. The van der Waals surface area contributed by atoms with Crippen LogP contribution in [0.2, 0.25) is 0 Å². The Kier molecular flexibility index (Phi) is 3.31. The van der Waals surface area contributed by atoms with E-state index in [4.69, 9.17) is 0 Å². The van der Waals surface area contributed by atoms with Crippen LogP contribution in [0.1, 0.15) is 18.5 Å². The molecule has 0 spiro atoms. The largest absolute Gasteiger partial charge is 0.345 e. The molecular formula is C14H18N4O. The van der Waals surface area contributed by atoms with Gasteiger partial charge in [-0.05, 0) is 24.6 Å². The van der Waals surface area contributed by atoms with Gasteiger partial charge in [0.15, 0.2) is 5.78 Å². The van der Waals surface area contributed by atoms with Gasteiger partial charge in [0.2, 0.25) is 0 Å². The van der Waals surface area contributed by atoms with Gasteiger partial charge in [-0.2, -0.15) is 0 Å². The Morgan fingerprint density at radius 1 is 1.37 bits per heavy atom. The SMILES string of the molecule is CC(=O)C(c1ccc2nc[nH]c2c1)N1CCNCC1. The summed E-state index contributed by atoms with van der Waals surface area (Å²) < 4.78 is 0. The molecule has 19 heavy (non-hydrogen) atoms. The number of nitrogens with zero attached hydrogens (tertiary/aromatic N) is 2. The van der Waals surface area contributed by atoms with Crippen LogP contribution in [-0.4, -0.2) is 46.8 Å². The fourth-order valence-corrected chi connectivity index (χ4v) is 2.77. The fraction of sp³-hybridized carbons (Fsp3) is 0.429. The summed E-state index contributed by atoms with van der Waals surface area (Å²) in [5, 5.41) is 3.32. The molecule has 0 bridgehead atoms. The molecule has 1 fully saturated rings. The summed E-state index contributed by atoms with van der Waals surface area (Å²) in [6.07, 6.45) is 1.68. The number of ketones is 1. The van der Waals surface area contributed by atoms with E-state index in [0.29, 0.717) is 0 Å². The molecule has 5 heteroatoms. The van der Waals surface area contributed by atoms with Gasteiger partial charge in [0.25, 0.3) is 0 Å². The Hall–Kier alpha value is -1.72. The summed E-state index contributed by atoms with van der Waals surface area (Å²) in [5.41, 5.74) is 2.97. The molecule has 0 aliphatic carbocycles. The third-order valence-electron chi connectivity index (χ3n) is 3.66. The number of imidazole rings is 1. The smallest absolute Gasteiger partial charge is 0.151 e. The second-order valence-corrected chi connectivity index (χ2v) is 4.98. The molecule has 1 aromatic carbocycles. The molecule has 2 N–H and O–H groups in total. The highest BCUT2D eigenvalue weighted by Crippen LogP contribution is 2.24. The van der Waals surface area contributed by atoms with E-state index in [0.717, 1.165) is 42.8 Å². The summed E-state index contributed by atoms with van der Waals surface area (Å²) in [6, 6.07) is 5.88. The number of carbonyl (C=O) groups is 1. The van der Waals surface area contributed by atoms with Crippen LogP contribution in [0.4, 0.5) is 0 Å². The van der Waals surface area contributed by atoms with Gasteiger partial charge in [-0.25, -0.2) is 4.98 Å². The van der Waals surface area contributed by atoms with Crippen LogP contribution in [0.3, 0.4) is 0 Å². The van der Waals surface area contributed by atoms with E-state index < -0.39 is 0 Å². The number of benzene rings is 1. The zero-order chi connectivity index (χ0) is 13.2. The highest BCUT2D eigenvalue weighted by atomic mass is 16.1. The number of carbonyl (C=O) groups excluding carboxylic acids is 1. The van der Waals surface area contributed by atoms with E-state index >= 15 is 0 Å². The molecule has 1 aliphatic rings.